The van der Waals surface area contributed by atoms with E-state index in [-0.39, 0.29) is 0 Å². The van der Waals surface area contributed by atoms with Gasteiger partial charge in [-0.3, -0.25) is 4.99 Å². The van der Waals surface area contributed by atoms with E-state index < -0.39 is 10.0 Å². The Kier molecular flexibility index (Phi) is 5.01. The molecule has 3 rings (SSSR count). The molecule has 1 N–H and O–H groups in total. The molecule has 1 heterocycles. The van der Waals surface area contributed by atoms with E-state index in [1.165, 1.54) is 4.31 Å². The first-order chi connectivity index (χ1) is 12.1. The average Bonchev–Trinajstić information content (AvgIpc) is 3.04. The van der Waals surface area contributed by atoms with Crippen LogP contribution in [0.1, 0.15) is 19.4 Å². The van der Waals surface area contributed by atoms with Gasteiger partial charge < -0.3 is 4.98 Å². The molecule has 0 aliphatic heterocycles. The molecule has 0 radical (unpaired) electrons. The lowest BCUT2D eigenvalue weighted by atomic mass is 10.2. The predicted molar refractivity (Wildman–Crippen MR) is 102 cm³/mol. The van der Waals surface area contributed by atoms with Gasteiger partial charge in [-0.25, -0.2) is 8.42 Å². The molecule has 25 heavy (non-hydrogen) atoms. The number of hydrogen-bond donors (Lipinski definition) is 1. The van der Waals surface area contributed by atoms with Crippen molar-refractivity contribution in [3.05, 3.63) is 60.3 Å². The van der Waals surface area contributed by atoms with E-state index >= 15 is 0 Å². The summed E-state index contributed by atoms with van der Waals surface area (Å²) >= 11 is 0. The van der Waals surface area contributed by atoms with E-state index in [0.717, 1.165) is 16.5 Å². The highest BCUT2D eigenvalue weighted by molar-refractivity contribution is 7.89. The molecule has 2 aromatic carbocycles. The summed E-state index contributed by atoms with van der Waals surface area (Å²) < 4.78 is 26.4. The van der Waals surface area contributed by atoms with Crippen LogP contribution in [0.15, 0.2) is 64.6 Å². The van der Waals surface area contributed by atoms with E-state index in [0.29, 0.717) is 23.7 Å². The minimum atomic E-state index is -3.43. The summed E-state index contributed by atoms with van der Waals surface area (Å²) in [4.78, 5) is 7.95. The summed E-state index contributed by atoms with van der Waals surface area (Å²) in [6, 6.07) is 14.7. The number of aromatic nitrogens is 1. The maximum absolute atomic E-state index is 12.5. The third-order valence-electron chi connectivity index (χ3n) is 4.15. The van der Waals surface area contributed by atoms with Crippen molar-refractivity contribution in [2.45, 2.75) is 18.7 Å². The first kappa shape index (κ1) is 17.4. The molecule has 0 amide bonds. The molecule has 0 saturated heterocycles. The Morgan fingerprint density at radius 3 is 2.40 bits per heavy atom. The Balaban J connectivity index is 1.83. The highest BCUT2D eigenvalue weighted by Crippen LogP contribution is 2.21. The molecule has 0 saturated carbocycles. The van der Waals surface area contributed by atoms with Gasteiger partial charge in [-0.15, -0.1) is 0 Å². The second-order valence-electron chi connectivity index (χ2n) is 5.63. The third-order valence-corrected chi connectivity index (χ3v) is 6.22. The monoisotopic (exact) mass is 355 g/mol. The normalized spacial score (nSPS) is 12.4. The molecular formula is C19H21N3O2S. The SMILES string of the molecule is CCN(CC)S(=O)(=O)c1ccc(N=Cc2c[nH]c3ccccc23)cc1. The smallest absolute Gasteiger partial charge is 0.243 e. The van der Waals surface area contributed by atoms with Crippen LogP contribution in [0.3, 0.4) is 0 Å². The quantitative estimate of drug-likeness (QED) is 0.681. The minimum absolute atomic E-state index is 0.294. The van der Waals surface area contributed by atoms with E-state index in [1.807, 2.05) is 44.3 Å². The summed E-state index contributed by atoms with van der Waals surface area (Å²) in [5.41, 5.74) is 2.77. The fourth-order valence-corrected chi connectivity index (χ4v) is 4.22. The van der Waals surface area contributed by atoms with Crippen molar-refractivity contribution in [2.75, 3.05) is 13.1 Å². The fraction of sp³-hybridized carbons (Fsp3) is 0.211. The van der Waals surface area contributed by atoms with E-state index in [1.54, 1.807) is 30.5 Å². The van der Waals surface area contributed by atoms with Crippen molar-refractivity contribution in [1.82, 2.24) is 9.29 Å². The Morgan fingerprint density at radius 2 is 1.72 bits per heavy atom. The number of rotatable bonds is 6. The van der Waals surface area contributed by atoms with Crippen molar-refractivity contribution >= 4 is 32.8 Å². The van der Waals surface area contributed by atoms with Gasteiger partial charge in [0.05, 0.1) is 10.6 Å². The van der Waals surface area contributed by atoms with Crippen LogP contribution in [0.5, 0.6) is 0 Å². The zero-order valence-corrected chi connectivity index (χ0v) is 15.1. The van der Waals surface area contributed by atoms with Crippen LogP contribution in [0.25, 0.3) is 10.9 Å². The first-order valence-electron chi connectivity index (χ1n) is 8.26. The standard InChI is InChI=1S/C19H21N3O2S/c1-3-22(4-2)25(23,24)17-11-9-16(10-12-17)20-13-15-14-21-19-8-6-5-7-18(15)19/h5-14,21H,3-4H2,1-2H3. The van der Waals surface area contributed by atoms with Gasteiger partial charge in [0.1, 0.15) is 0 Å². The summed E-state index contributed by atoms with van der Waals surface area (Å²) in [6.45, 7) is 4.58. The van der Waals surface area contributed by atoms with Crippen LogP contribution in [0, 0.1) is 0 Å². The number of para-hydroxylation sites is 1. The highest BCUT2D eigenvalue weighted by atomic mass is 32.2. The maximum atomic E-state index is 12.5. The molecule has 0 aliphatic rings. The zero-order valence-electron chi connectivity index (χ0n) is 14.3. The van der Waals surface area contributed by atoms with Gasteiger partial charge in [-0.05, 0) is 30.3 Å². The molecule has 130 valence electrons. The fourth-order valence-electron chi connectivity index (χ4n) is 2.76. The van der Waals surface area contributed by atoms with Gasteiger partial charge in [0.15, 0.2) is 0 Å². The number of hydrogen-bond acceptors (Lipinski definition) is 3. The second kappa shape index (κ2) is 7.21. The summed E-state index contributed by atoms with van der Waals surface area (Å²) in [6.07, 6.45) is 3.69. The lowest BCUT2D eigenvalue weighted by Gasteiger charge is -2.18. The number of nitrogens with one attached hydrogen (secondary N) is 1. The van der Waals surface area contributed by atoms with Crippen molar-refractivity contribution < 1.29 is 8.42 Å². The van der Waals surface area contributed by atoms with Gasteiger partial charge in [0.25, 0.3) is 0 Å². The number of fused-ring (bicyclic) bond motifs is 1. The Bertz CT molecular complexity index is 985. The molecule has 3 aromatic rings. The number of nitrogens with zero attached hydrogens (tertiary/aromatic N) is 2. The van der Waals surface area contributed by atoms with E-state index in [2.05, 4.69) is 9.98 Å². The Hall–Kier alpha value is -2.44. The number of sulfonamides is 1. The topological polar surface area (TPSA) is 65.5 Å². The Labute approximate surface area is 148 Å². The average molecular weight is 355 g/mol. The molecule has 6 heteroatoms. The van der Waals surface area contributed by atoms with Gasteiger partial charge in [0.2, 0.25) is 10.0 Å². The lowest BCUT2D eigenvalue weighted by Crippen LogP contribution is -2.30. The molecule has 5 nitrogen and oxygen atoms in total. The minimum Gasteiger partial charge on any atom is -0.361 e. The number of benzene rings is 2. The number of aliphatic imine (C=N–C) groups is 1. The van der Waals surface area contributed by atoms with Crippen LogP contribution >= 0.6 is 0 Å². The summed E-state index contributed by atoms with van der Waals surface area (Å²) in [5, 5.41) is 1.10. The van der Waals surface area contributed by atoms with E-state index in [4.69, 9.17) is 0 Å². The van der Waals surface area contributed by atoms with Crippen LogP contribution in [0.4, 0.5) is 5.69 Å². The largest absolute Gasteiger partial charge is 0.361 e. The molecule has 1 aromatic heterocycles. The van der Waals surface area contributed by atoms with Crippen LogP contribution in [-0.2, 0) is 10.0 Å². The molecule has 0 bridgehead atoms. The summed E-state index contributed by atoms with van der Waals surface area (Å²) in [5.74, 6) is 0. The molecular weight excluding hydrogens is 334 g/mol. The predicted octanol–water partition coefficient (Wildman–Crippen LogP) is 3.95. The Morgan fingerprint density at radius 1 is 1.04 bits per heavy atom. The van der Waals surface area contributed by atoms with Crippen molar-refractivity contribution in [2.24, 2.45) is 4.99 Å². The van der Waals surface area contributed by atoms with Crippen molar-refractivity contribution in [3.8, 4) is 0 Å². The van der Waals surface area contributed by atoms with E-state index in [9.17, 15) is 8.42 Å². The molecule has 0 aliphatic carbocycles. The van der Waals surface area contributed by atoms with Crippen molar-refractivity contribution in [1.29, 1.82) is 0 Å². The molecule has 0 unspecified atom stereocenters. The van der Waals surface area contributed by atoms with Gasteiger partial charge in [-0.2, -0.15) is 4.31 Å². The van der Waals surface area contributed by atoms with Gasteiger partial charge >= 0.3 is 0 Å². The van der Waals surface area contributed by atoms with Crippen LogP contribution in [0.2, 0.25) is 0 Å². The van der Waals surface area contributed by atoms with Crippen LogP contribution < -0.4 is 0 Å². The van der Waals surface area contributed by atoms with Crippen LogP contribution in [-0.4, -0.2) is 37.0 Å². The van der Waals surface area contributed by atoms with Crippen molar-refractivity contribution in [3.63, 3.8) is 0 Å². The number of aromatic amines is 1. The third kappa shape index (κ3) is 3.50. The number of H-pyrrole nitrogens is 1. The maximum Gasteiger partial charge on any atom is 0.243 e. The van der Waals surface area contributed by atoms with Gasteiger partial charge in [0, 0.05) is 42.0 Å². The first-order valence-corrected chi connectivity index (χ1v) is 9.70. The summed E-state index contributed by atoms with van der Waals surface area (Å²) in [7, 11) is -3.43. The highest BCUT2D eigenvalue weighted by Gasteiger charge is 2.20. The lowest BCUT2D eigenvalue weighted by molar-refractivity contribution is 0.445. The molecule has 0 fully saturated rings. The molecule has 0 atom stereocenters. The molecule has 0 spiro atoms. The second-order valence-corrected chi connectivity index (χ2v) is 7.57. The zero-order chi connectivity index (χ0) is 17.9. The van der Waals surface area contributed by atoms with Gasteiger partial charge in [-0.1, -0.05) is 32.0 Å².